The Balaban J connectivity index is 1.86. The third-order valence-corrected chi connectivity index (χ3v) is 7.39. The molecule has 5 heteroatoms. The fraction of sp³-hybridized carbons (Fsp3) is 0.130. The van der Waals surface area contributed by atoms with Gasteiger partial charge in [0.1, 0.15) is 0 Å². The lowest BCUT2D eigenvalue weighted by molar-refractivity contribution is 0.587. The van der Waals surface area contributed by atoms with Gasteiger partial charge in [0.15, 0.2) is 0 Å². The van der Waals surface area contributed by atoms with Crippen LogP contribution in [0.15, 0.2) is 88.2 Å². The first-order chi connectivity index (χ1) is 13.4. The van der Waals surface area contributed by atoms with E-state index in [2.05, 4.69) is 15.9 Å². The Morgan fingerprint density at radius 1 is 0.893 bits per heavy atom. The van der Waals surface area contributed by atoms with Crippen molar-refractivity contribution in [1.82, 2.24) is 0 Å². The van der Waals surface area contributed by atoms with E-state index in [-0.39, 0.29) is 6.04 Å². The predicted molar refractivity (Wildman–Crippen MR) is 118 cm³/mol. The van der Waals surface area contributed by atoms with Crippen LogP contribution in [0.2, 0.25) is 0 Å². The molecule has 0 radical (unpaired) electrons. The van der Waals surface area contributed by atoms with Gasteiger partial charge in [-0.15, -0.1) is 0 Å². The number of sulfonamides is 1. The number of benzene rings is 3. The molecule has 0 saturated carbocycles. The van der Waals surface area contributed by atoms with Crippen LogP contribution in [-0.2, 0) is 10.0 Å². The summed E-state index contributed by atoms with van der Waals surface area (Å²) in [6.07, 6.45) is 2.03. The van der Waals surface area contributed by atoms with Crippen molar-refractivity contribution in [2.24, 2.45) is 0 Å². The van der Waals surface area contributed by atoms with Gasteiger partial charge in [-0.1, -0.05) is 70.0 Å². The molecule has 3 aromatic rings. The number of fused-ring (bicyclic) bond motifs is 1. The van der Waals surface area contributed by atoms with Gasteiger partial charge in [0.05, 0.1) is 16.6 Å². The van der Waals surface area contributed by atoms with Crippen LogP contribution in [0, 0.1) is 6.92 Å². The lowest BCUT2D eigenvalue weighted by Crippen LogP contribution is -2.40. The van der Waals surface area contributed by atoms with Gasteiger partial charge >= 0.3 is 0 Å². The molecule has 0 aromatic heterocycles. The van der Waals surface area contributed by atoms with Gasteiger partial charge in [-0.05, 0) is 55.3 Å². The van der Waals surface area contributed by atoms with Crippen LogP contribution in [-0.4, -0.2) is 14.5 Å². The summed E-state index contributed by atoms with van der Waals surface area (Å²) in [5.41, 5.74) is 4.76. The first-order valence-electron chi connectivity index (χ1n) is 9.06. The van der Waals surface area contributed by atoms with Gasteiger partial charge in [-0.2, -0.15) is 0 Å². The third kappa shape index (κ3) is 3.29. The van der Waals surface area contributed by atoms with E-state index in [9.17, 15) is 8.42 Å². The third-order valence-electron chi connectivity index (χ3n) is 4.94. The Kier molecular flexibility index (Phi) is 4.89. The van der Waals surface area contributed by atoms with Crippen molar-refractivity contribution < 1.29 is 8.42 Å². The average molecular weight is 454 g/mol. The minimum absolute atomic E-state index is 0.306. The lowest BCUT2D eigenvalue weighted by Gasteiger charge is -2.35. The average Bonchev–Trinajstić information content (AvgIpc) is 2.68. The molecule has 3 nitrogen and oxygen atoms in total. The number of para-hydroxylation sites is 1. The Bertz CT molecular complexity index is 1150. The summed E-state index contributed by atoms with van der Waals surface area (Å²) in [6.45, 7) is 3.86. The highest BCUT2D eigenvalue weighted by molar-refractivity contribution is 9.10. The van der Waals surface area contributed by atoms with Crippen molar-refractivity contribution in [2.45, 2.75) is 24.8 Å². The highest BCUT2D eigenvalue weighted by Crippen LogP contribution is 2.40. The number of halogens is 1. The zero-order valence-corrected chi connectivity index (χ0v) is 18.0. The summed E-state index contributed by atoms with van der Waals surface area (Å²) in [6, 6.07) is 22.5. The van der Waals surface area contributed by atoms with Crippen molar-refractivity contribution in [2.75, 3.05) is 4.31 Å². The van der Waals surface area contributed by atoms with E-state index in [4.69, 9.17) is 0 Å². The second-order valence-corrected chi connectivity index (χ2v) is 9.69. The van der Waals surface area contributed by atoms with Gasteiger partial charge < -0.3 is 0 Å². The number of anilines is 1. The SMILES string of the molecule is Cc1ccc(S(=O)(=O)N2c3ccccc3C(c3ccc(Br)cc3)=CC2C)cc1. The van der Waals surface area contributed by atoms with Crippen molar-refractivity contribution in [3.63, 3.8) is 0 Å². The fourth-order valence-corrected chi connectivity index (χ4v) is 5.45. The van der Waals surface area contributed by atoms with Crippen molar-refractivity contribution in [3.05, 3.63) is 100 Å². The molecule has 1 aliphatic heterocycles. The summed E-state index contributed by atoms with van der Waals surface area (Å²) >= 11 is 3.47. The smallest absolute Gasteiger partial charge is 0.259 e. The molecule has 1 atom stereocenters. The Morgan fingerprint density at radius 2 is 1.54 bits per heavy atom. The van der Waals surface area contributed by atoms with Crippen LogP contribution in [0.25, 0.3) is 5.57 Å². The van der Waals surface area contributed by atoms with E-state index in [1.807, 2.05) is 80.6 Å². The molecule has 4 rings (SSSR count). The van der Waals surface area contributed by atoms with E-state index in [0.717, 1.165) is 26.7 Å². The quantitative estimate of drug-likeness (QED) is 0.503. The number of hydrogen-bond acceptors (Lipinski definition) is 2. The monoisotopic (exact) mass is 453 g/mol. The summed E-state index contributed by atoms with van der Waals surface area (Å²) in [7, 11) is -3.67. The molecule has 0 saturated heterocycles. The van der Waals surface area contributed by atoms with Gasteiger partial charge in [0, 0.05) is 10.0 Å². The van der Waals surface area contributed by atoms with E-state index >= 15 is 0 Å². The predicted octanol–water partition coefficient (Wildman–Crippen LogP) is 5.79. The maximum Gasteiger partial charge on any atom is 0.264 e. The number of aryl methyl sites for hydroxylation is 1. The Labute approximate surface area is 174 Å². The van der Waals surface area contributed by atoms with E-state index in [0.29, 0.717) is 10.6 Å². The summed E-state index contributed by atoms with van der Waals surface area (Å²) in [5, 5.41) is 0. The highest BCUT2D eigenvalue weighted by atomic mass is 79.9. The zero-order chi connectivity index (χ0) is 19.9. The second-order valence-electron chi connectivity index (χ2n) is 6.96. The van der Waals surface area contributed by atoms with E-state index in [1.54, 1.807) is 12.1 Å². The minimum Gasteiger partial charge on any atom is -0.259 e. The molecule has 1 aliphatic rings. The van der Waals surface area contributed by atoms with Crippen LogP contribution in [0.3, 0.4) is 0 Å². The largest absolute Gasteiger partial charge is 0.264 e. The van der Waals surface area contributed by atoms with Crippen LogP contribution in [0.4, 0.5) is 5.69 Å². The molecule has 142 valence electrons. The first-order valence-corrected chi connectivity index (χ1v) is 11.3. The lowest BCUT2D eigenvalue weighted by atomic mass is 9.92. The molecule has 0 amide bonds. The van der Waals surface area contributed by atoms with Crippen LogP contribution >= 0.6 is 15.9 Å². The standard InChI is InChI=1S/C23H20BrNO2S/c1-16-7-13-20(14-8-16)28(26,27)25-17(2)15-22(18-9-11-19(24)12-10-18)21-5-3-4-6-23(21)25/h3-15,17H,1-2H3. The van der Waals surface area contributed by atoms with Gasteiger partial charge in [0.2, 0.25) is 0 Å². The van der Waals surface area contributed by atoms with Gasteiger partial charge in [-0.3, -0.25) is 4.31 Å². The summed E-state index contributed by atoms with van der Waals surface area (Å²) in [4.78, 5) is 0.306. The Morgan fingerprint density at radius 3 is 2.21 bits per heavy atom. The van der Waals surface area contributed by atoms with Crippen molar-refractivity contribution in [3.8, 4) is 0 Å². The van der Waals surface area contributed by atoms with Crippen LogP contribution < -0.4 is 4.31 Å². The maximum absolute atomic E-state index is 13.4. The molecule has 3 aromatic carbocycles. The minimum atomic E-state index is -3.67. The molecule has 0 spiro atoms. The zero-order valence-electron chi connectivity index (χ0n) is 15.6. The van der Waals surface area contributed by atoms with Gasteiger partial charge in [-0.25, -0.2) is 8.42 Å². The normalized spacial score (nSPS) is 16.5. The maximum atomic E-state index is 13.4. The Hall–Kier alpha value is -2.37. The summed E-state index contributed by atoms with van der Waals surface area (Å²) < 4.78 is 29.4. The van der Waals surface area contributed by atoms with Gasteiger partial charge in [0.25, 0.3) is 10.0 Å². The molecule has 0 fully saturated rings. The second kappa shape index (κ2) is 7.22. The number of nitrogens with zero attached hydrogens (tertiary/aromatic N) is 1. The highest BCUT2D eigenvalue weighted by Gasteiger charge is 2.34. The van der Waals surface area contributed by atoms with Crippen LogP contribution in [0.1, 0.15) is 23.6 Å². The number of hydrogen-bond donors (Lipinski definition) is 0. The molecule has 0 N–H and O–H groups in total. The molecule has 0 aliphatic carbocycles. The first kappa shape index (κ1) is 19.0. The van der Waals surface area contributed by atoms with Crippen molar-refractivity contribution in [1.29, 1.82) is 0 Å². The topological polar surface area (TPSA) is 37.4 Å². The molecular formula is C23H20BrNO2S. The summed E-state index contributed by atoms with van der Waals surface area (Å²) in [5.74, 6) is 0. The van der Waals surface area contributed by atoms with Crippen molar-refractivity contribution >= 4 is 37.2 Å². The molecule has 28 heavy (non-hydrogen) atoms. The number of rotatable bonds is 3. The van der Waals surface area contributed by atoms with Crippen LogP contribution in [0.5, 0.6) is 0 Å². The van der Waals surface area contributed by atoms with E-state index in [1.165, 1.54) is 4.31 Å². The molecule has 1 unspecified atom stereocenters. The molecule has 0 bridgehead atoms. The van der Waals surface area contributed by atoms with E-state index < -0.39 is 10.0 Å². The molecule has 1 heterocycles. The molecular weight excluding hydrogens is 434 g/mol. The fourth-order valence-electron chi connectivity index (χ4n) is 3.56.